The molecule has 0 bridgehead atoms. The zero-order valence-electron chi connectivity index (χ0n) is 12.7. The van der Waals surface area contributed by atoms with Crippen molar-refractivity contribution in [1.29, 1.82) is 0 Å². The van der Waals surface area contributed by atoms with Gasteiger partial charge in [-0.25, -0.2) is 0 Å². The van der Waals surface area contributed by atoms with Gasteiger partial charge in [-0.05, 0) is 48.8 Å². The van der Waals surface area contributed by atoms with Crippen molar-refractivity contribution in [2.45, 2.75) is 63.9 Å². The standard InChI is InChI=1S/C17H25NO2/c1-16(2,3)13-8-7-9-14(12-13)20-17(15(18)19)10-5-4-6-11-17/h7-9,12H,4-6,10-11H2,1-3H3,(H2,18,19). The lowest BCUT2D eigenvalue weighted by Crippen LogP contribution is -2.50. The molecule has 1 saturated carbocycles. The van der Waals surface area contributed by atoms with Crippen LogP contribution in [0, 0.1) is 0 Å². The van der Waals surface area contributed by atoms with Crippen molar-refractivity contribution in [2.75, 3.05) is 0 Å². The van der Waals surface area contributed by atoms with E-state index in [1.54, 1.807) is 0 Å². The molecule has 0 radical (unpaired) electrons. The summed E-state index contributed by atoms with van der Waals surface area (Å²) in [6.45, 7) is 6.49. The van der Waals surface area contributed by atoms with Crippen LogP contribution in [-0.4, -0.2) is 11.5 Å². The minimum atomic E-state index is -0.811. The summed E-state index contributed by atoms with van der Waals surface area (Å²) in [5.74, 6) is 0.413. The molecule has 1 aliphatic rings. The van der Waals surface area contributed by atoms with Gasteiger partial charge in [-0.3, -0.25) is 4.79 Å². The second-order valence-electron chi connectivity index (χ2n) is 6.80. The van der Waals surface area contributed by atoms with E-state index in [0.717, 1.165) is 37.9 Å². The van der Waals surface area contributed by atoms with Crippen LogP contribution in [0.1, 0.15) is 58.4 Å². The van der Waals surface area contributed by atoms with Gasteiger partial charge in [0.2, 0.25) is 0 Å². The molecule has 3 heteroatoms. The maximum Gasteiger partial charge on any atom is 0.261 e. The summed E-state index contributed by atoms with van der Waals surface area (Å²) in [4.78, 5) is 11.9. The van der Waals surface area contributed by atoms with Crippen LogP contribution in [0.25, 0.3) is 0 Å². The molecule has 0 aromatic heterocycles. The quantitative estimate of drug-likeness (QED) is 0.917. The molecule has 1 fully saturated rings. The number of hydrogen-bond donors (Lipinski definition) is 1. The van der Waals surface area contributed by atoms with Crippen LogP contribution in [0.2, 0.25) is 0 Å². The minimum absolute atomic E-state index is 0.0613. The number of carbonyl (C=O) groups is 1. The topological polar surface area (TPSA) is 52.3 Å². The molecule has 0 heterocycles. The molecule has 0 spiro atoms. The summed E-state index contributed by atoms with van der Waals surface area (Å²) in [7, 11) is 0. The van der Waals surface area contributed by atoms with Crippen LogP contribution in [0.3, 0.4) is 0 Å². The molecule has 3 nitrogen and oxygen atoms in total. The zero-order chi connectivity index (χ0) is 14.8. The van der Waals surface area contributed by atoms with Crippen LogP contribution in [-0.2, 0) is 10.2 Å². The molecule has 1 aromatic carbocycles. The maximum absolute atomic E-state index is 11.9. The molecule has 0 atom stereocenters. The largest absolute Gasteiger partial charge is 0.477 e. The number of ether oxygens (including phenoxy) is 1. The lowest BCUT2D eigenvalue weighted by Gasteiger charge is -2.35. The Balaban J connectivity index is 2.25. The predicted molar refractivity (Wildman–Crippen MR) is 80.8 cm³/mol. The highest BCUT2D eigenvalue weighted by Gasteiger charge is 2.40. The first-order valence-corrected chi connectivity index (χ1v) is 7.43. The first-order valence-electron chi connectivity index (χ1n) is 7.43. The van der Waals surface area contributed by atoms with Gasteiger partial charge in [0, 0.05) is 0 Å². The Hall–Kier alpha value is -1.51. The van der Waals surface area contributed by atoms with E-state index in [2.05, 4.69) is 26.8 Å². The highest BCUT2D eigenvalue weighted by Crippen LogP contribution is 2.34. The first kappa shape index (κ1) is 14.9. The van der Waals surface area contributed by atoms with Crippen molar-refractivity contribution in [2.24, 2.45) is 5.73 Å². The van der Waals surface area contributed by atoms with E-state index in [-0.39, 0.29) is 11.3 Å². The van der Waals surface area contributed by atoms with Gasteiger partial charge < -0.3 is 10.5 Å². The van der Waals surface area contributed by atoms with Gasteiger partial charge in [0.05, 0.1) is 0 Å². The van der Waals surface area contributed by atoms with Crippen molar-refractivity contribution >= 4 is 5.91 Å². The van der Waals surface area contributed by atoms with Crippen LogP contribution in [0.4, 0.5) is 0 Å². The van der Waals surface area contributed by atoms with E-state index in [4.69, 9.17) is 10.5 Å². The monoisotopic (exact) mass is 275 g/mol. The summed E-state index contributed by atoms with van der Waals surface area (Å²) in [6, 6.07) is 8.01. The summed E-state index contributed by atoms with van der Waals surface area (Å²) >= 11 is 0. The average Bonchev–Trinajstić information content (AvgIpc) is 2.39. The first-order chi connectivity index (χ1) is 9.33. The summed E-state index contributed by atoms with van der Waals surface area (Å²) in [5.41, 5.74) is 6.06. The van der Waals surface area contributed by atoms with E-state index < -0.39 is 5.60 Å². The Kier molecular flexibility index (Phi) is 4.07. The Bertz CT molecular complexity index is 482. The fourth-order valence-corrected chi connectivity index (χ4v) is 2.77. The molecule has 0 aliphatic heterocycles. The smallest absolute Gasteiger partial charge is 0.261 e. The van der Waals surface area contributed by atoms with Crippen molar-refractivity contribution in [3.05, 3.63) is 29.8 Å². The van der Waals surface area contributed by atoms with Gasteiger partial charge in [0.25, 0.3) is 5.91 Å². The number of primary amides is 1. The Morgan fingerprint density at radius 2 is 1.85 bits per heavy atom. The number of benzene rings is 1. The van der Waals surface area contributed by atoms with Crippen molar-refractivity contribution < 1.29 is 9.53 Å². The maximum atomic E-state index is 11.9. The van der Waals surface area contributed by atoms with Crippen LogP contribution in [0.5, 0.6) is 5.75 Å². The highest BCUT2D eigenvalue weighted by molar-refractivity contribution is 5.84. The normalized spacial score (nSPS) is 18.6. The average molecular weight is 275 g/mol. The van der Waals surface area contributed by atoms with E-state index in [1.807, 2.05) is 18.2 Å². The van der Waals surface area contributed by atoms with Gasteiger partial charge in [-0.1, -0.05) is 39.3 Å². The van der Waals surface area contributed by atoms with Crippen molar-refractivity contribution in [3.8, 4) is 5.75 Å². The second kappa shape index (κ2) is 5.47. The predicted octanol–water partition coefficient (Wildman–Crippen LogP) is 3.55. The third-order valence-electron chi connectivity index (χ3n) is 4.12. The minimum Gasteiger partial charge on any atom is -0.477 e. The van der Waals surface area contributed by atoms with Gasteiger partial charge in [-0.15, -0.1) is 0 Å². The van der Waals surface area contributed by atoms with E-state index >= 15 is 0 Å². The third-order valence-corrected chi connectivity index (χ3v) is 4.12. The molecular weight excluding hydrogens is 250 g/mol. The second-order valence-corrected chi connectivity index (χ2v) is 6.80. The van der Waals surface area contributed by atoms with Crippen LogP contribution < -0.4 is 10.5 Å². The van der Waals surface area contributed by atoms with Gasteiger partial charge in [-0.2, -0.15) is 0 Å². The van der Waals surface area contributed by atoms with Crippen LogP contribution >= 0.6 is 0 Å². The molecular formula is C17H25NO2. The Labute approximate surface area is 121 Å². The lowest BCUT2D eigenvalue weighted by molar-refractivity contribution is -0.136. The van der Waals surface area contributed by atoms with E-state index in [0.29, 0.717) is 0 Å². The summed E-state index contributed by atoms with van der Waals surface area (Å²) < 4.78 is 6.07. The molecule has 2 rings (SSSR count). The van der Waals surface area contributed by atoms with Crippen molar-refractivity contribution in [3.63, 3.8) is 0 Å². The SMILES string of the molecule is CC(C)(C)c1cccc(OC2(C(N)=O)CCCCC2)c1. The van der Waals surface area contributed by atoms with Crippen LogP contribution in [0.15, 0.2) is 24.3 Å². The number of rotatable bonds is 3. The zero-order valence-corrected chi connectivity index (χ0v) is 12.7. The fraction of sp³-hybridized carbons (Fsp3) is 0.588. The molecule has 110 valence electrons. The molecule has 2 N–H and O–H groups in total. The molecule has 1 aromatic rings. The van der Waals surface area contributed by atoms with E-state index in [9.17, 15) is 4.79 Å². The number of hydrogen-bond acceptors (Lipinski definition) is 2. The van der Waals surface area contributed by atoms with Crippen molar-refractivity contribution in [1.82, 2.24) is 0 Å². The van der Waals surface area contributed by atoms with Gasteiger partial charge in [0.1, 0.15) is 5.75 Å². The fourth-order valence-electron chi connectivity index (χ4n) is 2.77. The number of carbonyl (C=O) groups excluding carboxylic acids is 1. The van der Waals surface area contributed by atoms with Gasteiger partial charge in [0.15, 0.2) is 5.60 Å². The summed E-state index contributed by atoms with van der Waals surface area (Å²) in [5, 5.41) is 0. The Morgan fingerprint density at radius 3 is 2.40 bits per heavy atom. The number of nitrogens with two attached hydrogens (primary N) is 1. The molecule has 1 amide bonds. The summed E-state index contributed by atoms with van der Waals surface area (Å²) in [6.07, 6.45) is 4.61. The lowest BCUT2D eigenvalue weighted by atomic mass is 9.83. The molecule has 20 heavy (non-hydrogen) atoms. The van der Waals surface area contributed by atoms with Gasteiger partial charge >= 0.3 is 0 Å². The highest BCUT2D eigenvalue weighted by atomic mass is 16.5. The van der Waals surface area contributed by atoms with E-state index in [1.165, 1.54) is 5.56 Å². The molecule has 0 unspecified atom stereocenters. The third kappa shape index (κ3) is 3.14. The number of amides is 1. The Morgan fingerprint density at radius 1 is 1.20 bits per heavy atom. The molecule has 0 saturated heterocycles. The molecule has 1 aliphatic carbocycles.